The van der Waals surface area contributed by atoms with Gasteiger partial charge in [0.1, 0.15) is 0 Å². The molecular formula is C18H25BN2O5. The van der Waals surface area contributed by atoms with Crippen molar-refractivity contribution in [3.05, 3.63) is 29.8 Å². The van der Waals surface area contributed by atoms with Crippen LogP contribution in [0.15, 0.2) is 24.3 Å². The Hall–Kier alpha value is -2.06. The SMILES string of the molecule is CC1(C)OB(c2ccc(C(=O)N3CCN(C(=O)O)CC3)cc2)OC1(C)C. The van der Waals surface area contributed by atoms with E-state index in [2.05, 4.69) is 0 Å². The maximum atomic E-state index is 12.6. The van der Waals surface area contributed by atoms with Crippen LogP contribution in [0.2, 0.25) is 0 Å². The average Bonchev–Trinajstić information content (AvgIpc) is 2.82. The fraction of sp³-hybridized carbons (Fsp3) is 0.556. The number of hydrogen-bond acceptors (Lipinski definition) is 4. The number of piperazine rings is 1. The van der Waals surface area contributed by atoms with Crippen LogP contribution < -0.4 is 5.46 Å². The summed E-state index contributed by atoms with van der Waals surface area (Å²) in [5.41, 5.74) is 0.635. The van der Waals surface area contributed by atoms with Crippen molar-refractivity contribution in [3.63, 3.8) is 0 Å². The molecule has 2 fully saturated rings. The van der Waals surface area contributed by atoms with Crippen LogP contribution in [0.1, 0.15) is 38.1 Å². The number of carbonyl (C=O) groups excluding carboxylic acids is 1. The van der Waals surface area contributed by atoms with Crippen LogP contribution in [0.3, 0.4) is 0 Å². The number of rotatable bonds is 2. The standard InChI is InChI=1S/C18H25BN2O5/c1-17(2)18(3,4)26-19(25-17)14-7-5-13(6-8-14)15(22)20-9-11-21(12-10-20)16(23)24/h5-8H,9-12H2,1-4H3,(H,23,24). The molecule has 0 saturated carbocycles. The topological polar surface area (TPSA) is 79.3 Å². The molecule has 26 heavy (non-hydrogen) atoms. The van der Waals surface area contributed by atoms with Gasteiger partial charge in [-0.25, -0.2) is 4.79 Å². The predicted octanol–water partition coefficient (Wildman–Crippen LogP) is 1.42. The Morgan fingerprint density at radius 2 is 1.38 bits per heavy atom. The molecule has 2 aliphatic heterocycles. The number of carbonyl (C=O) groups is 2. The maximum Gasteiger partial charge on any atom is 0.494 e. The van der Waals surface area contributed by atoms with Crippen LogP contribution in [0.4, 0.5) is 4.79 Å². The third-order valence-electron chi connectivity index (χ3n) is 5.52. The summed E-state index contributed by atoms with van der Waals surface area (Å²) < 4.78 is 12.0. The number of benzene rings is 1. The van der Waals surface area contributed by atoms with Crippen molar-refractivity contribution in [3.8, 4) is 0 Å². The summed E-state index contributed by atoms with van der Waals surface area (Å²) >= 11 is 0. The minimum absolute atomic E-state index is 0.0875. The molecule has 0 aromatic heterocycles. The highest BCUT2D eigenvalue weighted by Gasteiger charge is 2.51. The molecule has 2 aliphatic rings. The van der Waals surface area contributed by atoms with Crippen LogP contribution in [-0.2, 0) is 9.31 Å². The summed E-state index contributed by atoms with van der Waals surface area (Å²) in [6, 6.07) is 7.24. The molecule has 0 bridgehead atoms. The Bertz CT molecular complexity index is 680. The summed E-state index contributed by atoms with van der Waals surface area (Å²) in [4.78, 5) is 26.6. The Kier molecular flexibility index (Phi) is 4.75. The summed E-state index contributed by atoms with van der Waals surface area (Å²) in [6.07, 6.45) is -0.941. The molecule has 7 nitrogen and oxygen atoms in total. The van der Waals surface area contributed by atoms with Gasteiger partial charge >= 0.3 is 13.2 Å². The van der Waals surface area contributed by atoms with Crippen LogP contribution in [-0.4, -0.2) is 71.4 Å². The fourth-order valence-electron chi connectivity index (χ4n) is 3.05. The lowest BCUT2D eigenvalue weighted by Gasteiger charge is -2.33. The molecule has 3 rings (SSSR count). The second-order valence-electron chi connectivity index (χ2n) is 7.77. The summed E-state index contributed by atoms with van der Waals surface area (Å²) in [5, 5.41) is 8.99. The minimum atomic E-state index is -0.941. The van der Waals surface area contributed by atoms with E-state index in [1.807, 2.05) is 39.8 Å². The van der Waals surface area contributed by atoms with Crippen molar-refractivity contribution in [1.29, 1.82) is 0 Å². The van der Waals surface area contributed by atoms with Crippen LogP contribution in [0.5, 0.6) is 0 Å². The van der Waals surface area contributed by atoms with Gasteiger partial charge in [0.05, 0.1) is 11.2 Å². The number of amides is 2. The van der Waals surface area contributed by atoms with Crippen molar-refractivity contribution in [2.75, 3.05) is 26.2 Å². The summed E-state index contributed by atoms with van der Waals surface area (Å²) in [6.45, 7) is 9.50. The van der Waals surface area contributed by atoms with E-state index in [4.69, 9.17) is 14.4 Å². The van der Waals surface area contributed by atoms with Gasteiger partial charge < -0.3 is 24.2 Å². The molecule has 1 aromatic rings. The van der Waals surface area contributed by atoms with Crippen molar-refractivity contribution >= 4 is 24.6 Å². The quantitative estimate of drug-likeness (QED) is 0.807. The van der Waals surface area contributed by atoms with E-state index in [1.165, 1.54) is 4.90 Å². The molecule has 0 aliphatic carbocycles. The first-order chi connectivity index (χ1) is 12.1. The van der Waals surface area contributed by atoms with Gasteiger partial charge in [-0.15, -0.1) is 0 Å². The minimum Gasteiger partial charge on any atom is -0.465 e. The molecule has 2 amide bonds. The Morgan fingerprint density at radius 1 is 0.923 bits per heavy atom. The van der Waals surface area contributed by atoms with Gasteiger partial charge in [-0.2, -0.15) is 0 Å². The van der Waals surface area contributed by atoms with Gasteiger partial charge in [-0.1, -0.05) is 12.1 Å². The van der Waals surface area contributed by atoms with Gasteiger partial charge in [0.2, 0.25) is 0 Å². The van der Waals surface area contributed by atoms with Crippen LogP contribution in [0.25, 0.3) is 0 Å². The zero-order valence-electron chi connectivity index (χ0n) is 15.7. The van der Waals surface area contributed by atoms with E-state index in [9.17, 15) is 9.59 Å². The van der Waals surface area contributed by atoms with Gasteiger partial charge in [0.15, 0.2) is 0 Å². The van der Waals surface area contributed by atoms with E-state index in [-0.39, 0.29) is 5.91 Å². The number of hydrogen-bond donors (Lipinski definition) is 1. The smallest absolute Gasteiger partial charge is 0.465 e. The van der Waals surface area contributed by atoms with Gasteiger partial charge in [-0.05, 0) is 45.3 Å². The fourth-order valence-corrected chi connectivity index (χ4v) is 3.05. The van der Waals surface area contributed by atoms with E-state index in [1.54, 1.807) is 17.0 Å². The Labute approximate surface area is 154 Å². The zero-order valence-corrected chi connectivity index (χ0v) is 15.7. The molecule has 0 radical (unpaired) electrons. The monoisotopic (exact) mass is 360 g/mol. The van der Waals surface area contributed by atoms with Crippen molar-refractivity contribution in [2.45, 2.75) is 38.9 Å². The molecule has 0 spiro atoms. The Balaban J connectivity index is 1.65. The lowest BCUT2D eigenvalue weighted by molar-refractivity contribution is 0.00578. The zero-order chi connectivity index (χ0) is 19.1. The molecule has 1 N–H and O–H groups in total. The first-order valence-corrected chi connectivity index (χ1v) is 8.83. The third kappa shape index (κ3) is 3.43. The van der Waals surface area contributed by atoms with Gasteiger partial charge in [0, 0.05) is 31.7 Å². The molecule has 2 heterocycles. The normalized spacial score (nSPS) is 21.8. The van der Waals surface area contributed by atoms with E-state index in [0.717, 1.165) is 5.46 Å². The Morgan fingerprint density at radius 3 is 1.85 bits per heavy atom. The largest absolute Gasteiger partial charge is 0.494 e. The lowest BCUT2D eigenvalue weighted by Crippen LogP contribution is -2.50. The van der Waals surface area contributed by atoms with E-state index < -0.39 is 24.4 Å². The van der Waals surface area contributed by atoms with Crippen LogP contribution in [0, 0.1) is 0 Å². The first-order valence-electron chi connectivity index (χ1n) is 8.83. The predicted molar refractivity (Wildman–Crippen MR) is 97.7 cm³/mol. The molecule has 8 heteroatoms. The molecule has 0 atom stereocenters. The molecule has 140 valence electrons. The molecule has 0 unspecified atom stereocenters. The molecule has 1 aromatic carbocycles. The maximum absolute atomic E-state index is 12.6. The first kappa shape index (κ1) is 18.7. The highest BCUT2D eigenvalue weighted by Crippen LogP contribution is 2.36. The molecular weight excluding hydrogens is 335 g/mol. The summed E-state index contributed by atoms with van der Waals surface area (Å²) in [7, 11) is -0.455. The second-order valence-corrected chi connectivity index (χ2v) is 7.77. The van der Waals surface area contributed by atoms with Crippen molar-refractivity contribution < 1.29 is 24.0 Å². The number of carboxylic acid groups (broad SMARTS) is 1. The van der Waals surface area contributed by atoms with Crippen LogP contribution >= 0.6 is 0 Å². The van der Waals surface area contributed by atoms with E-state index >= 15 is 0 Å². The van der Waals surface area contributed by atoms with Gasteiger partial charge in [-0.3, -0.25) is 4.79 Å². The highest BCUT2D eigenvalue weighted by molar-refractivity contribution is 6.62. The average molecular weight is 360 g/mol. The third-order valence-corrected chi connectivity index (χ3v) is 5.52. The summed E-state index contributed by atoms with van der Waals surface area (Å²) in [5.74, 6) is -0.0875. The second kappa shape index (κ2) is 6.59. The van der Waals surface area contributed by atoms with E-state index in [0.29, 0.717) is 31.7 Å². The van der Waals surface area contributed by atoms with Crippen molar-refractivity contribution in [1.82, 2.24) is 9.80 Å². The number of nitrogens with zero attached hydrogens (tertiary/aromatic N) is 2. The lowest BCUT2D eigenvalue weighted by atomic mass is 9.79. The molecule has 2 saturated heterocycles. The highest BCUT2D eigenvalue weighted by atomic mass is 16.7. The van der Waals surface area contributed by atoms with Gasteiger partial charge in [0.25, 0.3) is 5.91 Å². The van der Waals surface area contributed by atoms with Crippen molar-refractivity contribution in [2.24, 2.45) is 0 Å².